The molecule has 0 N–H and O–H groups in total. The number of rotatable bonds is 6. The molecular weight excluding hydrogens is 394 g/mol. The topological polar surface area (TPSA) is 78.7 Å². The van der Waals surface area contributed by atoms with Crippen molar-refractivity contribution in [1.29, 1.82) is 0 Å². The Morgan fingerprint density at radius 3 is 2.75 bits per heavy atom. The van der Waals surface area contributed by atoms with Crippen LogP contribution in [0.15, 0.2) is 39.3 Å². The van der Waals surface area contributed by atoms with E-state index in [0.29, 0.717) is 17.1 Å². The first-order valence-corrected chi connectivity index (χ1v) is 10.5. The van der Waals surface area contributed by atoms with E-state index < -0.39 is 0 Å². The number of aryl methyl sites for hydroxylation is 2. The summed E-state index contributed by atoms with van der Waals surface area (Å²) in [5, 5.41) is 15.3. The van der Waals surface area contributed by atoms with Crippen LogP contribution in [0.3, 0.4) is 0 Å². The van der Waals surface area contributed by atoms with Crippen LogP contribution in [-0.2, 0) is 7.05 Å². The summed E-state index contributed by atoms with van der Waals surface area (Å²) < 4.78 is 9.03. The smallest absolute Gasteiger partial charge is 0.191 e. The summed E-state index contributed by atoms with van der Waals surface area (Å²) in [4.78, 5) is 13.9. The Balaban J connectivity index is 1.52. The standard InChI is InChI=1S/C19H19N5O2S2/c1-11-8-14(13(3)24(11)17-9-12(2)26-22-17)15(25)10-28-19-21-20-18(23(19)4)16-6-5-7-27-16/h5-9H,10H2,1-4H3. The van der Waals surface area contributed by atoms with E-state index in [0.717, 1.165) is 33.0 Å². The van der Waals surface area contributed by atoms with E-state index in [1.165, 1.54) is 11.8 Å². The second kappa shape index (κ2) is 7.40. The highest BCUT2D eigenvalue weighted by molar-refractivity contribution is 7.99. The predicted octanol–water partition coefficient (Wildman–Crippen LogP) is 4.22. The molecule has 0 amide bonds. The maximum Gasteiger partial charge on any atom is 0.191 e. The van der Waals surface area contributed by atoms with Gasteiger partial charge in [-0.05, 0) is 38.3 Å². The van der Waals surface area contributed by atoms with Crippen molar-refractivity contribution in [2.24, 2.45) is 7.05 Å². The molecule has 0 aliphatic rings. The largest absolute Gasteiger partial charge is 0.360 e. The quantitative estimate of drug-likeness (QED) is 0.348. The molecule has 0 radical (unpaired) electrons. The lowest BCUT2D eigenvalue weighted by atomic mass is 10.2. The lowest BCUT2D eigenvalue weighted by molar-refractivity contribution is 0.102. The average molecular weight is 414 g/mol. The molecule has 9 heteroatoms. The second-order valence-corrected chi connectivity index (χ2v) is 8.36. The van der Waals surface area contributed by atoms with E-state index in [1.807, 2.05) is 66.6 Å². The summed E-state index contributed by atoms with van der Waals surface area (Å²) in [6, 6.07) is 7.75. The Morgan fingerprint density at radius 2 is 2.07 bits per heavy atom. The van der Waals surface area contributed by atoms with Gasteiger partial charge in [-0.1, -0.05) is 23.0 Å². The molecule has 0 aliphatic heterocycles. The minimum absolute atomic E-state index is 0.0465. The molecule has 0 bridgehead atoms. The summed E-state index contributed by atoms with van der Waals surface area (Å²) >= 11 is 3.01. The molecular formula is C19H19N5O2S2. The van der Waals surface area contributed by atoms with Gasteiger partial charge in [-0.15, -0.1) is 21.5 Å². The number of thioether (sulfide) groups is 1. The first-order chi connectivity index (χ1) is 13.5. The summed E-state index contributed by atoms with van der Waals surface area (Å²) in [7, 11) is 1.92. The maximum atomic E-state index is 12.9. The molecule has 144 valence electrons. The van der Waals surface area contributed by atoms with Crippen LogP contribution in [0.25, 0.3) is 16.5 Å². The van der Waals surface area contributed by atoms with Gasteiger partial charge in [-0.25, -0.2) is 0 Å². The molecule has 0 aromatic carbocycles. The summed E-state index contributed by atoms with van der Waals surface area (Å²) in [5.41, 5.74) is 2.48. The summed E-state index contributed by atoms with van der Waals surface area (Å²) in [6.45, 7) is 5.72. The molecule has 0 aliphatic carbocycles. The van der Waals surface area contributed by atoms with Crippen LogP contribution >= 0.6 is 23.1 Å². The first kappa shape index (κ1) is 18.7. The van der Waals surface area contributed by atoms with Gasteiger partial charge in [0.2, 0.25) is 0 Å². The zero-order valence-electron chi connectivity index (χ0n) is 16.0. The fraction of sp³-hybridized carbons (Fsp3) is 0.263. The fourth-order valence-corrected chi connectivity index (χ4v) is 4.66. The van der Waals surface area contributed by atoms with Gasteiger partial charge in [0.25, 0.3) is 0 Å². The normalized spacial score (nSPS) is 11.3. The average Bonchev–Trinajstić information content (AvgIpc) is 3.42. The van der Waals surface area contributed by atoms with Crippen molar-refractivity contribution >= 4 is 28.9 Å². The molecule has 0 atom stereocenters. The van der Waals surface area contributed by atoms with Gasteiger partial charge >= 0.3 is 0 Å². The van der Waals surface area contributed by atoms with Crippen molar-refractivity contribution in [2.75, 3.05) is 5.75 Å². The number of hydrogen-bond acceptors (Lipinski definition) is 7. The van der Waals surface area contributed by atoms with Crippen molar-refractivity contribution in [3.63, 3.8) is 0 Å². The van der Waals surface area contributed by atoms with Crippen LogP contribution in [0.5, 0.6) is 0 Å². The summed E-state index contributed by atoms with van der Waals surface area (Å²) in [5.74, 6) is 2.57. The molecule has 4 rings (SSSR count). The van der Waals surface area contributed by atoms with Crippen molar-refractivity contribution in [3.8, 4) is 16.5 Å². The molecule has 4 aromatic rings. The molecule has 28 heavy (non-hydrogen) atoms. The minimum Gasteiger partial charge on any atom is -0.360 e. The number of carbonyl (C=O) groups excluding carboxylic acids is 1. The molecule has 0 fully saturated rings. The van der Waals surface area contributed by atoms with Crippen LogP contribution < -0.4 is 0 Å². The van der Waals surface area contributed by atoms with Gasteiger partial charge in [0.1, 0.15) is 5.76 Å². The van der Waals surface area contributed by atoms with Crippen molar-refractivity contribution in [2.45, 2.75) is 25.9 Å². The van der Waals surface area contributed by atoms with Crippen molar-refractivity contribution in [3.05, 3.63) is 52.4 Å². The fourth-order valence-electron chi connectivity index (χ4n) is 3.13. The Morgan fingerprint density at radius 1 is 1.25 bits per heavy atom. The molecule has 4 heterocycles. The van der Waals surface area contributed by atoms with Crippen LogP contribution in [0.4, 0.5) is 0 Å². The second-order valence-electron chi connectivity index (χ2n) is 6.47. The van der Waals surface area contributed by atoms with Crippen molar-refractivity contribution < 1.29 is 9.32 Å². The van der Waals surface area contributed by atoms with Crippen LogP contribution in [-0.4, -0.2) is 36.0 Å². The third-order valence-corrected chi connectivity index (χ3v) is 6.37. The highest BCUT2D eigenvalue weighted by Gasteiger charge is 2.20. The molecule has 0 spiro atoms. The summed E-state index contributed by atoms with van der Waals surface area (Å²) in [6.07, 6.45) is 0. The number of nitrogens with zero attached hydrogens (tertiary/aromatic N) is 5. The maximum absolute atomic E-state index is 12.9. The zero-order valence-corrected chi connectivity index (χ0v) is 17.6. The molecule has 0 saturated carbocycles. The third kappa shape index (κ3) is 3.31. The first-order valence-electron chi connectivity index (χ1n) is 8.67. The van der Waals surface area contributed by atoms with Gasteiger partial charge in [0.05, 0.1) is 10.6 Å². The molecule has 7 nitrogen and oxygen atoms in total. The van der Waals surface area contributed by atoms with Gasteiger partial charge in [0, 0.05) is 30.1 Å². The van der Waals surface area contributed by atoms with E-state index in [1.54, 1.807) is 11.3 Å². The number of hydrogen-bond donors (Lipinski definition) is 0. The van der Waals surface area contributed by atoms with Gasteiger partial charge in [-0.2, -0.15) is 0 Å². The third-order valence-electron chi connectivity index (χ3n) is 4.48. The molecule has 0 unspecified atom stereocenters. The van der Waals surface area contributed by atoms with Crippen LogP contribution in [0, 0.1) is 20.8 Å². The van der Waals surface area contributed by atoms with Crippen molar-refractivity contribution in [1.82, 2.24) is 24.5 Å². The van der Waals surface area contributed by atoms with E-state index >= 15 is 0 Å². The van der Waals surface area contributed by atoms with E-state index in [9.17, 15) is 4.79 Å². The lowest BCUT2D eigenvalue weighted by Gasteiger charge is -2.05. The zero-order chi connectivity index (χ0) is 19.8. The van der Waals surface area contributed by atoms with Crippen LogP contribution in [0.1, 0.15) is 27.5 Å². The number of Topliss-reactive ketones (excluding diaryl/α,β-unsaturated/α-hetero) is 1. The van der Waals surface area contributed by atoms with Gasteiger partial charge < -0.3 is 9.09 Å². The number of carbonyl (C=O) groups is 1. The Labute approximate surface area is 170 Å². The van der Waals surface area contributed by atoms with Gasteiger partial charge in [-0.3, -0.25) is 9.36 Å². The van der Waals surface area contributed by atoms with Crippen LogP contribution in [0.2, 0.25) is 0 Å². The van der Waals surface area contributed by atoms with E-state index in [-0.39, 0.29) is 5.78 Å². The molecule has 0 saturated heterocycles. The SMILES string of the molecule is Cc1cc(-n2c(C)cc(C(=O)CSc3nnc(-c4cccs4)n3C)c2C)no1. The number of aromatic nitrogens is 5. The van der Waals surface area contributed by atoms with E-state index in [4.69, 9.17) is 4.52 Å². The van der Waals surface area contributed by atoms with Gasteiger partial charge in [0.15, 0.2) is 22.6 Å². The monoisotopic (exact) mass is 413 g/mol. The lowest BCUT2D eigenvalue weighted by Crippen LogP contribution is -2.06. The predicted molar refractivity (Wildman–Crippen MR) is 109 cm³/mol. The molecule has 4 aromatic heterocycles. The Hall–Kier alpha value is -2.65. The highest BCUT2D eigenvalue weighted by Crippen LogP contribution is 2.27. The van der Waals surface area contributed by atoms with E-state index in [2.05, 4.69) is 15.4 Å². The number of ketones is 1. The Kier molecular flexibility index (Phi) is 4.94. The highest BCUT2D eigenvalue weighted by atomic mass is 32.2. The minimum atomic E-state index is 0.0465. The Bertz CT molecular complexity index is 1140. The number of thiophene rings is 1.